The molecule has 0 amide bonds. The van der Waals surface area contributed by atoms with Gasteiger partial charge in [0.15, 0.2) is 5.76 Å². The molecule has 0 bridgehead atoms. The number of aliphatic hydroxyl groups is 1. The Balaban J connectivity index is 2.68. The highest BCUT2D eigenvalue weighted by Crippen LogP contribution is 2.19. The summed E-state index contributed by atoms with van der Waals surface area (Å²) in [6.45, 7) is 0. The Hall–Kier alpha value is -1.58. The van der Waals surface area contributed by atoms with Crippen LogP contribution in [0.3, 0.4) is 0 Å². The van der Waals surface area contributed by atoms with Gasteiger partial charge in [-0.2, -0.15) is 5.10 Å². The molecule has 0 saturated carbocycles. The topological polar surface area (TPSA) is 66.0 Å². The third kappa shape index (κ3) is 0.452. The molecular formula is C6H4N2O2. The smallest absolute Gasteiger partial charge is 0.231 e. The Labute approximate surface area is 56.2 Å². The van der Waals surface area contributed by atoms with Crippen LogP contribution in [-0.4, -0.2) is 21.1 Å². The normalized spacial score (nSPS) is 15.2. The zero-order valence-corrected chi connectivity index (χ0v) is 4.96. The maximum absolute atomic E-state index is 10.9. The Kier molecular flexibility index (Phi) is 0.768. The number of carbonyl (C=O) groups excluding carboxylic acids is 1. The molecule has 2 rings (SSSR count). The van der Waals surface area contributed by atoms with E-state index in [1.54, 1.807) is 0 Å². The first-order valence-corrected chi connectivity index (χ1v) is 2.78. The van der Waals surface area contributed by atoms with Crippen LogP contribution in [0.15, 0.2) is 12.0 Å². The summed E-state index contributed by atoms with van der Waals surface area (Å²) < 4.78 is 0. The fraction of sp³-hybridized carbons (Fsp3) is 0. The summed E-state index contributed by atoms with van der Waals surface area (Å²) in [5.74, 6) is -0.576. The van der Waals surface area contributed by atoms with E-state index < -0.39 is 0 Å². The van der Waals surface area contributed by atoms with E-state index in [9.17, 15) is 4.79 Å². The second-order valence-electron chi connectivity index (χ2n) is 2.06. The monoisotopic (exact) mass is 136 g/mol. The number of aromatic nitrogens is 2. The minimum Gasteiger partial charge on any atom is -0.504 e. The maximum Gasteiger partial charge on any atom is 0.231 e. The number of aromatic amines is 1. The molecule has 0 atom stereocenters. The van der Waals surface area contributed by atoms with E-state index in [4.69, 9.17) is 5.11 Å². The van der Waals surface area contributed by atoms with E-state index in [0.29, 0.717) is 11.3 Å². The minimum absolute atomic E-state index is 0.219. The minimum atomic E-state index is -0.358. The van der Waals surface area contributed by atoms with Crippen molar-refractivity contribution in [2.45, 2.75) is 0 Å². The second-order valence-corrected chi connectivity index (χ2v) is 2.06. The van der Waals surface area contributed by atoms with Gasteiger partial charge in [0.2, 0.25) is 5.78 Å². The van der Waals surface area contributed by atoms with Gasteiger partial charge in [-0.05, 0) is 0 Å². The van der Waals surface area contributed by atoms with Gasteiger partial charge in [0.25, 0.3) is 0 Å². The summed E-state index contributed by atoms with van der Waals surface area (Å²) >= 11 is 0. The van der Waals surface area contributed by atoms with Crippen molar-refractivity contribution in [1.82, 2.24) is 10.2 Å². The molecule has 50 valence electrons. The number of fused-ring (bicyclic) bond motifs is 1. The average molecular weight is 136 g/mol. The Morgan fingerprint density at radius 1 is 1.60 bits per heavy atom. The Bertz CT molecular complexity index is 324. The van der Waals surface area contributed by atoms with E-state index in [-0.39, 0.29) is 11.5 Å². The molecular weight excluding hydrogens is 132 g/mol. The first kappa shape index (κ1) is 5.22. The molecule has 0 fully saturated rings. The number of H-pyrrole nitrogens is 1. The van der Waals surface area contributed by atoms with Crippen molar-refractivity contribution in [3.8, 4) is 0 Å². The van der Waals surface area contributed by atoms with E-state index in [2.05, 4.69) is 10.2 Å². The number of allylic oxidation sites excluding steroid dienone is 1. The Morgan fingerprint density at radius 3 is 3.10 bits per heavy atom. The van der Waals surface area contributed by atoms with Gasteiger partial charge >= 0.3 is 0 Å². The molecule has 0 aliphatic heterocycles. The largest absolute Gasteiger partial charge is 0.504 e. The van der Waals surface area contributed by atoms with Gasteiger partial charge in [-0.25, -0.2) is 0 Å². The lowest BCUT2D eigenvalue weighted by atomic mass is 10.2. The molecule has 0 radical (unpaired) electrons. The van der Waals surface area contributed by atoms with Crippen molar-refractivity contribution in [3.05, 3.63) is 23.2 Å². The lowest BCUT2D eigenvalue weighted by Crippen LogP contribution is -1.95. The fourth-order valence-electron chi connectivity index (χ4n) is 0.927. The van der Waals surface area contributed by atoms with Crippen LogP contribution in [0.1, 0.15) is 16.1 Å². The first-order valence-electron chi connectivity index (χ1n) is 2.78. The number of aliphatic hydroxyl groups excluding tert-OH is 1. The first-order chi connectivity index (χ1) is 4.79. The molecule has 1 aliphatic rings. The highest BCUT2D eigenvalue weighted by Gasteiger charge is 2.22. The van der Waals surface area contributed by atoms with Gasteiger partial charge in [0.1, 0.15) is 0 Å². The summed E-state index contributed by atoms with van der Waals surface area (Å²) in [5.41, 5.74) is 1.03. The molecule has 0 spiro atoms. The Morgan fingerprint density at radius 2 is 2.40 bits per heavy atom. The van der Waals surface area contributed by atoms with Crippen molar-refractivity contribution in [2.75, 3.05) is 0 Å². The number of nitrogens with one attached hydrogen (secondary N) is 1. The van der Waals surface area contributed by atoms with Gasteiger partial charge in [0.05, 0.1) is 17.5 Å². The van der Waals surface area contributed by atoms with Crippen LogP contribution in [0.2, 0.25) is 0 Å². The summed E-state index contributed by atoms with van der Waals surface area (Å²) in [7, 11) is 0. The number of Topliss-reactive ketones (excluding diaryl/α,β-unsaturated/α-hetero) is 1. The van der Waals surface area contributed by atoms with Crippen molar-refractivity contribution >= 4 is 11.9 Å². The maximum atomic E-state index is 10.9. The molecule has 2 N–H and O–H groups in total. The third-order valence-electron chi connectivity index (χ3n) is 1.43. The molecule has 10 heavy (non-hydrogen) atoms. The van der Waals surface area contributed by atoms with Gasteiger partial charge in [-0.3, -0.25) is 9.89 Å². The van der Waals surface area contributed by atoms with Crippen LogP contribution in [0.5, 0.6) is 0 Å². The standard InChI is InChI=1S/C6H4N2O2/c9-5-1-4-3(6(5)10)2-7-8-4/h1-2H,(H,7,8)(H,9,10). The molecule has 1 aromatic rings. The molecule has 1 heterocycles. The van der Waals surface area contributed by atoms with Gasteiger partial charge < -0.3 is 5.11 Å². The average Bonchev–Trinajstić information content (AvgIpc) is 2.41. The van der Waals surface area contributed by atoms with Gasteiger partial charge in [0, 0.05) is 6.08 Å². The highest BCUT2D eigenvalue weighted by atomic mass is 16.3. The summed E-state index contributed by atoms with van der Waals surface area (Å²) in [6, 6.07) is 0. The second kappa shape index (κ2) is 1.47. The van der Waals surface area contributed by atoms with Crippen LogP contribution in [0.25, 0.3) is 6.08 Å². The van der Waals surface area contributed by atoms with Crippen molar-refractivity contribution < 1.29 is 9.90 Å². The highest BCUT2D eigenvalue weighted by molar-refractivity contribution is 6.15. The summed E-state index contributed by atoms with van der Waals surface area (Å²) in [5, 5.41) is 15.1. The van der Waals surface area contributed by atoms with E-state index in [0.717, 1.165) is 0 Å². The molecule has 1 aromatic heterocycles. The van der Waals surface area contributed by atoms with E-state index >= 15 is 0 Å². The molecule has 0 unspecified atom stereocenters. The number of carbonyl (C=O) groups is 1. The number of nitrogens with zero attached hydrogens (tertiary/aromatic N) is 1. The lowest BCUT2D eigenvalue weighted by Gasteiger charge is -1.83. The molecule has 0 aromatic carbocycles. The zero-order valence-electron chi connectivity index (χ0n) is 4.96. The van der Waals surface area contributed by atoms with Gasteiger partial charge in [-0.1, -0.05) is 0 Å². The van der Waals surface area contributed by atoms with Gasteiger partial charge in [-0.15, -0.1) is 0 Å². The number of ketones is 1. The van der Waals surface area contributed by atoms with Crippen LogP contribution in [-0.2, 0) is 0 Å². The summed E-state index contributed by atoms with van der Waals surface area (Å²) in [4.78, 5) is 10.9. The SMILES string of the molecule is O=C1C(O)=Cc2[nH]ncc21. The molecule has 4 nitrogen and oxygen atoms in total. The quantitative estimate of drug-likeness (QED) is 0.546. The van der Waals surface area contributed by atoms with Crippen molar-refractivity contribution in [3.63, 3.8) is 0 Å². The van der Waals surface area contributed by atoms with Crippen LogP contribution < -0.4 is 0 Å². The third-order valence-corrected chi connectivity index (χ3v) is 1.43. The lowest BCUT2D eigenvalue weighted by molar-refractivity contribution is 0.0985. The van der Waals surface area contributed by atoms with Crippen LogP contribution in [0.4, 0.5) is 0 Å². The van der Waals surface area contributed by atoms with Crippen LogP contribution in [0, 0.1) is 0 Å². The van der Waals surface area contributed by atoms with E-state index in [1.165, 1.54) is 12.3 Å². The van der Waals surface area contributed by atoms with Crippen molar-refractivity contribution in [1.29, 1.82) is 0 Å². The number of rotatable bonds is 0. The number of hydrogen-bond acceptors (Lipinski definition) is 3. The summed E-state index contributed by atoms with van der Waals surface area (Å²) in [6.07, 6.45) is 2.77. The van der Waals surface area contributed by atoms with Crippen LogP contribution >= 0.6 is 0 Å². The number of hydrogen-bond donors (Lipinski definition) is 2. The predicted octanol–water partition coefficient (Wildman–Crippen LogP) is 0.505. The van der Waals surface area contributed by atoms with Crippen molar-refractivity contribution in [2.24, 2.45) is 0 Å². The zero-order chi connectivity index (χ0) is 7.14. The molecule has 4 heteroatoms. The fourth-order valence-corrected chi connectivity index (χ4v) is 0.927. The van der Waals surface area contributed by atoms with E-state index in [1.807, 2.05) is 0 Å². The predicted molar refractivity (Wildman–Crippen MR) is 33.5 cm³/mol. The molecule has 0 saturated heterocycles. The molecule has 1 aliphatic carbocycles.